The summed E-state index contributed by atoms with van der Waals surface area (Å²) < 4.78 is 8.15. The van der Waals surface area contributed by atoms with Gasteiger partial charge in [-0.25, -0.2) is 0 Å². The Kier molecular flexibility index (Phi) is 8.28. The van der Waals surface area contributed by atoms with Crippen LogP contribution in [0.15, 0.2) is 127 Å². The van der Waals surface area contributed by atoms with E-state index in [1.165, 1.54) is 153 Å². The van der Waals surface area contributed by atoms with Crippen LogP contribution in [-0.2, 0) is 27.1 Å². The average Bonchev–Trinajstić information content (AvgIpc) is 4.07. The fraction of sp³-hybridized carbons (Fsp3) is 0.284. The van der Waals surface area contributed by atoms with Crippen molar-refractivity contribution in [2.24, 2.45) is 0 Å². The van der Waals surface area contributed by atoms with Crippen molar-refractivity contribution in [1.29, 1.82) is 0 Å². The number of thiophene rings is 2. The number of hydrogen-bond donors (Lipinski definition) is 0. The maximum atomic E-state index is 2.79. The minimum Gasteiger partial charge on any atom is -0.376 e. The predicted molar refractivity (Wildman–Crippen MR) is 316 cm³/mol. The Balaban J connectivity index is 1.15. The number of fused-ring (bicyclic) bond motifs is 20. The minimum absolute atomic E-state index is 0.0129. The van der Waals surface area contributed by atoms with Crippen LogP contribution in [0.25, 0.3) is 90.1 Å². The van der Waals surface area contributed by atoms with Crippen molar-refractivity contribution >= 4 is 114 Å². The lowest BCUT2D eigenvalue weighted by Crippen LogP contribution is -2.60. The number of hydrogen-bond acceptors (Lipinski definition) is 3. The summed E-state index contributed by atoms with van der Waals surface area (Å²) in [6.07, 6.45) is 2.40. The average molecular weight is 969 g/mol. The van der Waals surface area contributed by atoms with Gasteiger partial charge in [0.05, 0.1) is 11.0 Å². The van der Waals surface area contributed by atoms with Gasteiger partial charge < -0.3 is 9.38 Å². The molecule has 5 heteroatoms. The fourth-order valence-corrected chi connectivity index (χ4v) is 16.6. The number of benzene rings is 8. The van der Waals surface area contributed by atoms with E-state index in [1.807, 2.05) is 22.7 Å². The first-order valence-electron chi connectivity index (χ1n) is 26.4. The summed E-state index contributed by atoms with van der Waals surface area (Å²) >= 11 is 3.94. The molecule has 4 aliphatic rings. The van der Waals surface area contributed by atoms with Crippen LogP contribution in [0.2, 0.25) is 0 Å². The molecule has 0 unspecified atom stereocenters. The molecule has 0 atom stereocenters. The van der Waals surface area contributed by atoms with Gasteiger partial charge in [-0.1, -0.05) is 150 Å². The van der Waals surface area contributed by atoms with Gasteiger partial charge in [0.2, 0.25) is 0 Å². The van der Waals surface area contributed by atoms with Crippen LogP contribution in [0, 0.1) is 0 Å². The van der Waals surface area contributed by atoms with Gasteiger partial charge in [-0.2, -0.15) is 0 Å². The molecule has 0 N–H and O–H groups in total. The minimum atomic E-state index is -0.195. The third-order valence-corrected chi connectivity index (χ3v) is 20.6. The van der Waals surface area contributed by atoms with E-state index < -0.39 is 0 Å². The SMILES string of the molecule is CC(C)(C)c1ccc(N2B3c4cc5c(cc4-n4c6ccc(C(C)(C)C)cc6c6c7c(sc8ccccc87)c(c3c64)-c3cc4c(cc32)-c2cc3c(cc2C4(C)C)C(C)(C)CCC3(C)C)sc2ccccc25)cc1. The van der Waals surface area contributed by atoms with Crippen molar-refractivity contribution in [3.63, 3.8) is 0 Å². The van der Waals surface area contributed by atoms with E-state index in [0.717, 1.165) is 0 Å². The van der Waals surface area contributed by atoms with Crippen molar-refractivity contribution in [2.75, 3.05) is 4.81 Å². The normalized spacial score (nSPS) is 17.1. The zero-order valence-corrected chi connectivity index (χ0v) is 45.5. The third-order valence-electron chi connectivity index (χ3n) is 18.3. The predicted octanol–water partition coefficient (Wildman–Crippen LogP) is 18.0. The van der Waals surface area contributed by atoms with Crippen LogP contribution in [0.1, 0.15) is 129 Å². The van der Waals surface area contributed by atoms with Gasteiger partial charge in [-0.15, -0.1) is 22.7 Å². The first-order valence-corrected chi connectivity index (χ1v) is 28.0. The van der Waals surface area contributed by atoms with Crippen LogP contribution in [0.3, 0.4) is 0 Å². The number of aromatic nitrogens is 1. The van der Waals surface area contributed by atoms with E-state index in [-0.39, 0.29) is 33.9 Å². The lowest BCUT2D eigenvalue weighted by molar-refractivity contribution is 0.331. The summed E-state index contributed by atoms with van der Waals surface area (Å²) in [5, 5.41) is 8.19. The molecule has 0 saturated heterocycles. The van der Waals surface area contributed by atoms with Crippen molar-refractivity contribution in [1.82, 2.24) is 4.57 Å². The highest BCUT2D eigenvalue weighted by atomic mass is 32.1. The van der Waals surface area contributed by atoms with Gasteiger partial charge in [0.15, 0.2) is 0 Å². The topological polar surface area (TPSA) is 8.17 Å². The molecule has 0 amide bonds. The van der Waals surface area contributed by atoms with Crippen molar-refractivity contribution in [2.45, 2.75) is 123 Å². The summed E-state index contributed by atoms with van der Waals surface area (Å²) in [5.41, 5.74) is 23.6. The molecule has 11 aromatic rings. The van der Waals surface area contributed by atoms with E-state index in [9.17, 15) is 0 Å². The first kappa shape index (κ1) is 43.4. The molecule has 15 rings (SSSR count). The Hall–Kier alpha value is -6.14. The standard InChI is InChI=1S/C67H61BN2S2/c1-63(2,3)36-21-24-38(25-22-36)70-52-33-42-41-30-48-49(66(9,10)28-27-65(48,7)8)34-47(41)67(11,12)46(42)31-45(52)59-60-61-57(58-40-18-14-16-20-55(40)72-62(58)59)44-29-37(64(4,5)6)23-26-51(44)69(61)53-35-56-43(32-50(53)68(60)70)39-17-13-15-19-54(39)71-56/h13-26,29-35H,27-28H2,1-12H3. The molecule has 2 aliphatic heterocycles. The smallest absolute Gasteiger partial charge is 0.333 e. The van der Waals surface area contributed by atoms with Crippen LogP contribution in [0.4, 0.5) is 11.4 Å². The van der Waals surface area contributed by atoms with Crippen molar-refractivity contribution < 1.29 is 0 Å². The van der Waals surface area contributed by atoms with Crippen LogP contribution < -0.4 is 15.7 Å². The van der Waals surface area contributed by atoms with E-state index in [2.05, 4.69) is 220 Å². The largest absolute Gasteiger partial charge is 0.376 e. The van der Waals surface area contributed by atoms with Gasteiger partial charge in [0, 0.05) is 84.7 Å². The summed E-state index contributed by atoms with van der Waals surface area (Å²) in [5.74, 6) is 0. The molecule has 2 nitrogen and oxygen atoms in total. The highest BCUT2D eigenvalue weighted by Gasteiger charge is 2.49. The number of anilines is 2. The molecule has 0 bridgehead atoms. The fourth-order valence-electron chi connectivity index (χ4n) is 14.1. The molecule has 5 heterocycles. The van der Waals surface area contributed by atoms with E-state index >= 15 is 0 Å². The zero-order valence-electron chi connectivity index (χ0n) is 43.8. The molecule has 0 fully saturated rings. The Morgan fingerprint density at radius 3 is 1.82 bits per heavy atom. The Morgan fingerprint density at radius 2 is 1.11 bits per heavy atom. The molecule has 0 radical (unpaired) electrons. The van der Waals surface area contributed by atoms with Gasteiger partial charge in [0.1, 0.15) is 0 Å². The third kappa shape index (κ3) is 5.52. The zero-order chi connectivity index (χ0) is 49.5. The quantitative estimate of drug-likeness (QED) is 0.149. The number of rotatable bonds is 1. The summed E-state index contributed by atoms with van der Waals surface area (Å²) in [7, 11) is 0. The van der Waals surface area contributed by atoms with E-state index in [1.54, 1.807) is 5.56 Å². The lowest BCUT2D eigenvalue weighted by atomic mass is 9.43. The van der Waals surface area contributed by atoms with E-state index in [0.29, 0.717) is 0 Å². The summed E-state index contributed by atoms with van der Waals surface area (Å²) in [4.78, 5) is 2.79. The molecule has 2 aliphatic carbocycles. The lowest BCUT2D eigenvalue weighted by Gasteiger charge is -2.43. The van der Waals surface area contributed by atoms with Gasteiger partial charge >= 0.3 is 6.85 Å². The maximum Gasteiger partial charge on any atom is 0.333 e. The monoisotopic (exact) mass is 968 g/mol. The van der Waals surface area contributed by atoms with Crippen LogP contribution in [0.5, 0.6) is 0 Å². The molecule has 8 aromatic carbocycles. The Morgan fingerprint density at radius 1 is 0.500 bits per heavy atom. The van der Waals surface area contributed by atoms with Crippen LogP contribution >= 0.6 is 22.7 Å². The highest BCUT2D eigenvalue weighted by molar-refractivity contribution is 7.27. The van der Waals surface area contributed by atoms with Crippen LogP contribution in [-0.4, -0.2) is 11.4 Å². The summed E-state index contributed by atoms with van der Waals surface area (Å²) in [6.45, 7) is 28.9. The van der Waals surface area contributed by atoms with Gasteiger partial charge in [-0.05, 0) is 151 Å². The first-order chi connectivity index (χ1) is 34.2. The van der Waals surface area contributed by atoms with Gasteiger partial charge in [0.25, 0.3) is 0 Å². The van der Waals surface area contributed by atoms with Crippen molar-refractivity contribution in [3.8, 4) is 27.9 Å². The molecular formula is C67H61BN2S2. The van der Waals surface area contributed by atoms with Gasteiger partial charge in [-0.3, -0.25) is 0 Å². The maximum absolute atomic E-state index is 2.79. The van der Waals surface area contributed by atoms with E-state index in [4.69, 9.17) is 0 Å². The molecule has 72 heavy (non-hydrogen) atoms. The molecule has 3 aromatic heterocycles. The molecular weight excluding hydrogens is 908 g/mol. The second-order valence-electron chi connectivity index (χ2n) is 26.0. The number of nitrogens with zero attached hydrogens (tertiary/aromatic N) is 2. The second-order valence-corrected chi connectivity index (χ2v) is 28.1. The highest BCUT2D eigenvalue weighted by Crippen LogP contribution is 2.59. The Labute approximate surface area is 432 Å². The second kappa shape index (κ2) is 13.7. The Bertz CT molecular complexity index is 4270. The van der Waals surface area contributed by atoms with Crippen molar-refractivity contribution in [3.05, 3.63) is 161 Å². The molecule has 354 valence electrons. The summed E-state index contributed by atoms with van der Waals surface area (Å²) in [6, 6.07) is 51.2. The molecule has 0 spiro atoms. The molecule has 0 saturated carbocycles.